The number of aromatic nitrogens is 1. The van der Waals surface area contributed by atoms with E-state index in [0.29, 0.717) is 25.4 Å². The molecule has 7 heteroatoms. The molecule has 1 atom stereocenters. The lowest BCUT2D eigenvalue weighted by molar-refractivity contribution is -0.139. The number of H-pyrrole nitrogens is 1. The molecule has 2 aliphatic heterocycles. The maximum Gasteiger partial charge on any atom is 0.266 e. The van der Waals surface area contributed by atoms with Crippen molar-refractivity contribution in [3.05, 3.63) is 33.2 Å². The van der Waals surface area contributed by atoms with Crippen LogP contribution in [0.4, 0.5) is 0 Å². The van der Waals surface area contributed by atoms with Gasteiger partial charge in [-0.05, 0) is 31.7 Å². The Hall–Kier alpha value is -1.37. The third-order valence-electron chi connectivity index (χ3n) is 4.35. The highest BCUT2D eigenvalue weighted by Gasteiger charge is 2.39. The minimum absolute atomic E-state index is 0.0144. The van der Waals surface area contributed by atoms with Crippen LogP contribution in [0.1, 0.15) is 36.0 Å². The van der Waals surface area contributed by atoms with Crippen molar-refractivity contribution >= 4 is 17.5 Å². The van der Waals surface area contributed by atoms with E-state index in [0.717, 1.165) is 25.7 Å². The lowest BCUT2D eigenvalue weighted by atomic mass is 9.84. The SMILES string of the molecule is O=C(NC1CCOC2(CCOCC2)C1)c1c[nH]c(=O)c(Cl)c1. The summed E-state index contributed by atoms with van der Waals surface area (Å²) in [6, 6.07) is 1.45. The molecule has 1 aromatic heterocycles. The first-order valence-corrected chi connectivity index (χ1v) is 7.87. The fraction of sp³-hybridized carbons (Fsp3) is 0.600. The molecule has 0 aliphatic carbocycles. The average Bonchev–Trinajstić information content (AvgIpc) is 2.51. The summed E-state index contributed by atoms with van der Waals surface area (Å²) in [4.78, 5) is 26.0. The molecule has 1 unspecified atom stereocenters. The van der Waals surface area contributed by atoms with Crippen LogP contribution in [0.15, 0.2) is 17.1 Å². The van der Waals surface area contributed by atoms with Gasteiger partial charge in [-0.3, -0.25) is 9.59 Å². The Morgan fingerprint density at radius 3 is 2.86 bits per heavy atom. The molecule has 2 fully saturated rings. The van der Waals surface area contributed by atoms with E-state index in [1.807, 2.05) is 0 Å². The van der Waals surface area contributed by atoms with E-state index in [1.54, 1.807) is 0 Å². The first kappa shape index (κ1) is 15.5. The maximum absolute atomic E-state index is 12.3. The molecule has 1 amide bonds. The third-order valence-corrected chi connectivity index (χ3v) is 4.63. The molecule has 6 nitrogen and oxygen atoms in total. The van der Waals surface area contributed by atoms with Crippen molar-refractivity contribution in [2.24, 2.45) is 0 Å². The molecule has 0 bridgehead atoms. The van der Waals surface area contributed by atoms with Crippen LogP contribution in [0.5, 0.6) is 0 Å². The van der Waals surface area contributed by atoms with Gasteiger partial charge >= 0.3 is 0 Å². The summed E-state index contributed by atoms with van der Waals surface area (Å²) >= 11 is 5.76. The van der Waals surface area contributed by atoms with Crippen LogP contribution in [0, 0.1) is 0 Å². The number of carbonyl (C=O) groups is 1. The molecule has 2 N–H and O–H groups in total. The summed E-state index contributed by atoms with van der Waals surface area (Å²) in [6.45, 7) is 2.05. The number of pyridine rings is 1. The van der Waals surface area contributed by atoms with Gasteiger partial charge in [-0.2, -0.15) is 0 Å². The van der Waals surface area contributed by atoms with Gasteiger partial charge in [0.15, 0.2) is 0 Å². The van der Waals surface area contributed by atoms with Crippen molar-refractivity contribution in [2.75, 3.05) is 19.8 Å². The zero-order valence-corrected chi connectivity index (χ0v) is 12.9. The van der Waals surface area contributed by atoms with Crippen molar-refractivity contribution in [1.29, 1.82) is 0 Å². The van der Waals surface area contributed by atoms with Gasteiger partial charge in [0.05, 0.1) is 11.2 Å². The van der Waals surface area contributed by atoms with Crippen molar-refractivity contribution in [2.45, 2.75) is 37.3 Å². The van der Waals surface area contributed by atoms with Crippen LogP contribution in [0.3, 0.4) is 0 Å². The van der Waals surface area contributed by atoms with Crippen molar-refractivity contribution < 1.29 is 14.3 Å². The van der Waals surface area contributed by atoms with E-state index in [1.165, 1.54) is 12.3 Å². The van der Waals surface area contributed by atoms with E-state index in [9.17, 15) is 9.59 Å². The van der Waals surface area contributed by atoms with E-state index in [-0.39, 0.29) is 22.6 Å². The molecule has 22 heavy (non-hydrogen) atoms. The number of carbonyl (C=O) groups excluding carboxylic acids is 1. The van der Waals surface area contributed by atoms with Gasteiger partial charge in [0.1, 0.15) is 5.02 Å². The molecule has 120 valence electrons. The number of hydrogen-bond donors (Lipinski definition) is 2. The molecule has 2 saturated heterocycles. The first-order chi connectivity index (χ1) is 10.6. The highest BCUT2D eigenvalue weighted by atomic mass is 35.5. The second kappa shape index (κ2) is 6.40. The molecular formula is C15H19ClN2O4. The van der Waals surface area contributed by atoms with Crippen LogP contribution in [0.25, 0.3) is 0 Å². The predicted octanol–water partition coefficient (Wildman–Crippen LogP) is 1.49. The normalized spacial score (nSPS) is 24.1. The van der Waals surface area contributed by atoms with E-state index in [2.05, 4.69) is 10.3 Å². The zero-order valence-electron chi connectivity index (χ0n) is 12.2. The monoisotopic (exact) mass is 326 g/mol. The first-order valence-electron chi connectivity index (χ1n) is 7.49. The van der Waals surface area contributed by atoms with Gasteiger partial charge < -0.3 is 19.8 Å². The van der Waals surface area contributed by atoms with Crippen LogP contribution in [0.2, 0.25) is 5.02 Å². The quantitative estimate of drug-likeness (QED) is 0.863. The summed E-state index contributed by atoms with van der Waals surface area (Å²) in [6.07, 6.45) is 4.69. The van der Waals surface area contributed by atoms with Gasteiger partial charge in [0.2, 0.25) is 0 Å². The fourth-order valence-electron chi connectivity index (χ4n) is 3.10. The number of hydrogen-bond acceptors (Lipinski definition) is 4. The third kappa shape index (κ3) is 3.34. The predicted molar refractivity (Wildman–Crippen MR) is 81.3 cm³/mol. The molecule has 1 spiro atoms. The summed E-state index contributed by atoms with van der Waals surface area (Å²) < 4.78 is 11.4. The molecule has 3 heterocycles. The Kier molecular flexibility index (Phi) is 4.52. The summed E-state index contributed by atoms with van der Waals surface area (Å²) in [5, 5.41) is 3.03. The molecular weight excluding hydrogens is 308 g/mol. The number of amides is 1. The zero-order chi connectivity index (χ0) is 15.6. The number of halogens is 1. The van der Waals surface area contributed by atoms with Gasteiger partial charge in [0.25, 0.3) is 11.5 Å². The molecule has 0 aromatic carbocycles. The second-order valence-corrected chi connectivity index (χ2v) is 6.28. The number of aromatic amines is 1. The smallest absolute Gasteiger partial charge is 0.266 e. The highest BCUT2D eigenvalue weighted by Crippen LogP contribution is 2.34. The van der Waals surface area contributed by atoms with Crippen LogP contribution >= 0.6 is 11.6 Å². The standard InChI is InChI=1S/C15H19ClN2O4/c16-12-7-10(9-17-14(12)20)13(19)18-11-1-4-22-15(8-11)2-5-21-6-3-15/h7,9,11H,1-6,8H2,(H,17,20)(H,18,19). The minimum Gasteiger partial charge on any atom is -0.381 e. The molecule has 3 rings (SSSR count). The largest absolute Gasteiger partial charge is 0.381 e. The van der Waals surface area contributed by atoms with Crippen molar-refractivity contribution in [1.82, 2.24) is 10.3 Å². The van der Waals surface area contributed by atoms with Crippen LogP contribution in [-0.2, 0) is 9.47 Å². The molecule has 2 aliphatic rings. The van der Waals surface area contributed by atoms with Gasteiger partial charge in [-0.25, -0.2) is 0 Å². The van der Waals surface area contributed by atoms with E-state index >= 15 is 0 Å². The minimum atomic E-state index is -0.398. The Morgan fingerprint density at radius 2 is 2.14 bits per heavy atom. The van der Waals surface area contributed by atoms with Crippen molar-refractivity contribution in [3.8, 4) is 0 Å². The van der Waals surface area contributed by atoms with Crippen molar-refractivity contribution in [3.63, 3.8) is 0 Å². The number of ether oxygens (including phenoxy) is 2. The topological polar surface area (TPSA) is 80.4 Å². The lowest BCUT2D eigenvalue weighted by Gasteiger charge is -2.43. The Balaban J connectivity index is 1.65. The summed E-state index contributed by atoms with van der Waals surface area (Å²) in [5.74, 6) is -0.229. The number of nitrogens with one attached hydrogen (secondary N) is 2. The summed E-state index contributed by atoms with van der Waals surface area (Å²) in [7, 11) is 0. The van der Waals surface area contributed by atoms with Gasteiger partial charge in [-0.15, -0.1) is 0 Å². The highest BCUT2D eigenvalue weighted by molar-refractivity contribution is 6.30. The van der Waals surface area contributed by atoms with Gasteiger partial charge in [-0.1, -0.05) is 11.6 Å². The Bertz CT molecular complexity index is 604. The Morgan fingerprint density at radius 1 is 1.36 bits per heavy atom. The van der Waals surface area contributed by atoms with E-state index in [4.69, 9.17) is 21.1 Å². The molecule has 0 saturated carbocycles. The lowest BCUT2D eigenvalue weighted by Crippen LogP contribution is -2.51. The fourth-order valence-corrected chi connectivity index (χ4v) is 3.27. The number of rotatable bonds is 2. The average molecular weight is 327 g/mol. The van der Waals surface area contributed by atoms with Gasteiger partial charge in [0, 0.05) is 32.1 Å². The summed E-state index contributed by atoms with van der Waals surface area (Å²) in [5.41, 5.74) is -0.209. The second-order valence-electron chi connectivity index (χ2n) is 5.87. The van der Waals surface area contributed by atoms with Crippen LogP contribution in [-0.4, -0.2) is 42.4 Å². The molecule has 1 aromatic rings. The van der Waals surface area contributed by atoms with Crippen LogP contribution < -0.4 is 10.9 Å². The Labute approximate surface area is 133 Å². The molecule has 0 radical (unpaired) electrons. The maximum atomic E-state index is 12.3. The van der Waals surface area contributed by atoms with E-state index < -0.39 is 5.56 Å².